The lowest BCUT2D eigenvalue weighted by atomic mass is 10.1. The molecule has 0 atom stereocenters. The number of anilines is 1. The van der Waals surface area contributed by atoms with Crippen molar-refractivity contribution in [3.05, 3.63) is 77.2 Å². The lowest BCUT2D eigenvalue weighted by Crippen LogP contribution is -2.49. The first-order valence-electron chi connectivity index (χ1n) is 9.73. The molecule has 0 spiro atoms. The van der Waals surface area contributed by atoms with E-state index in [1.807, 2.05) is 55.1 Å². The molecule has 0 saturated carbocycles. The second-order valence-corrected chi connectivity index (χ2v) is 7.24. The highest BCUT2D eigenvalue weighted by Gasteiger charge is 2.24. The van der Waals surface area contributed by atoms with Crippen molar-refractivity contribution in [2.75, 3.05) is 31.1 Å². The van der Waals surface area contributed by atoms with Crippen molar-refractivity contribution in [1.29, 1.82) is 0 Å². The second-order valence-electron chi connectivity index (χ2n) is 7.24. The quantitative estimate of drug-likeness (QED) is 0.681. The molecule has 1 amide bonds. The molecule has 29 heavy (non-hydrogen) atoms. The first-order valence-corrected chi connectivity index (χ1v) is 9.73. The standard InChI is InChI=1S/C23H23FN4O/c1-16-17(2)25-21(19-9-6-10-20(24)15-19)26-22(16)27-11-13-28(14-12-27)23(29)18-7-4-3-5-8-18/h3-10,15H,11-14H2,1-2H3. The van der Waals surface area contributed by atoms with Crippen LogP contribution in [0.1, 0.15) is 21.6 Å². The topological polar surface area (TPSA) is 49.3 Å². The number of amides is 1. The van der Waals surface area contributed by atoms with Crippen LogP contribution in [0.2, 0.25) is 0 Å². The Bertz CT molecular complexity index is 1030. The highest BCUT2D eigenvalue weighted by molar-refractivity contribution is 5.94. The van der Waals surface area contributed by atoms with Crippen LogP contribution < -0.4 is 4.90 Å². The molecule has 3 aromatic rings. The van der Waals surface area contributed by atoms with Crippen LogP contribution in [0.15, 0.2) is 54.6 Å². The maximum Gasteiger partial charge on any atom is 0.253 e. The van der Waals surface area contributed by atoms with Crippen molar-refractivity contribution in [1.82, 2.24) is 14.9 Å². The van der Waals surface area contributed by atoms with E-state index in [1.165, 1.54) is 12.1 Å². The number of piperazine rings is 1. The summed E-state index contributed by atoms with van der Waals surface area (Å²) in [4.78, 5) is 26.0. The lowest BCUT2D eigenvalue weighted by molar-refractivity contribution is 0.0746. The number of aryl methyl sites for hydroxylation is 1. The number of nitrogens with zero attached hydrogens (tertiary/aromatic N) is 4. The smallest absolute Gasteiger partial charge is 0.253 e. The fourth-order valence-corrected chi connectivity index (χ4v) is 3.56. The first-order chi connectivity index (χ1) is 14.0. The normalized spacial score (nSPS) is 14.2. The largest absolute Gasteiger partial charge is 0.353 e. The zero-order chi connectivity index (χ0) is 20.4. The molecule has 0 aliphatic carbocycles. The number of hydrogen-bond acceptors (Lipinski definition) is 4. The molecule has 0 radical (unpaired) electrons. The Morgan fingerprint density at radius 3 is 2.34 bits per heavy atom. The predicted molar refractivity (Wildman–Crippen MR) is 111 cm³/mol. The highest BCUT2D eigenvalue weighted by atomic mass is 19.1. The lowest BCUT2D eigenvalue weighted by Gasteiger charge is -2.36. The fraction of sp³-hybridized carbons (Fsp3) is 0.261. The zero-order valence-electron chi connectivity index (χ0n) is 16.6. The minimum absolute atomic E-state index is 0.0567. The maximum absolute atomic E-state index is 13.6. The molecule has 2 aromatic carbocycles. The van der Waals surface area contributed by atoms with Gasteiger partial charge >= 0.3 is 0 Å². The van der Waals surface area contributed by atoms with Crippen molar-refractivity contribution in [2.45, 2.75) is 13.8 Å². The Hall–Kier alpha value is -3.28. The number of carbonyl (C=O) groups is 1. The van der Waals surface area contributed by atoms with Gasteiger partial charge in [0.05, 0.1) is 0 Å². The van der Waals surface area contributed by atoms with E-state index in [9.17, 15) is 9.18 Å². The molecular weight excluding hydrogens is 367 g/mol. The molecule has 0 unspecified atom stereocenters. The van der Waals surface area contributed by atoms with E-state index < -0.39 is 0 Å². The van der Waals surface area contributed by atoms with E-state index in [1.54, 1.807) is 6.07 Å². The molecule has 5 nitrogen and oxygen atoms in total. The van der Waals surface area contributed by atoms with Crippen LogP contribution >= 0.6 is 0 Å². The molecule has 0 N–H and O–H groups in total. The van der Waals surface area contributed by atoms with Crippen LogP contribution in [0.5, 0.6) is 0 Å². The minimum atomic E-state index is -0.307. The number of rotatable bonds is 3. The van der Waals surface area contributed by atoms with Gasteiger partial charge in [0.2, 0.25) is 0 Å². The molecule has 1 aliphatic rings. The van der Waals surface area contributed by atoms with E-state index in [0.29, 0.717) is 43.1 Å². The van der Waals surface area contributed by atoms with Crippen LogP contribution in [0.25, 0.3) is 11.4 Å². The third kappa shape index (κ3) is 3.97. The molecule has 1 aromatic heterocycles. The van der Waals surface area contributed by atoms with Crippen LogP contribution in [0.4, 0.5) is 10.2 Å². The van der Waals surface area contributed by atoms with Crippen LogP contribution in [0, 0.1) is 19.7 Å². The minimum Gasteiger partial charge on any atom is -0.353 e. The molecule has 148 valence electrons. The predicted octanol–water partition coefficient (Wildman–Crippen LogP) is 3.86. The maximum atomic E-state index is 13.6. The van der Waals surface area contributed by atoms with Crippen LogP contribution in [-0.2, 0) is 0 Å². The van der Waals surface area contributed by atoms with Crippen molar-refractivity contribution in [2.24, 2.45) is 0 Å². The van der Waals surface area contributed by atoms with Gasteiger partial charge in [-0.2, -0.15) is 0 Å². The molecule has 0 bridgehead atoms. The molecule has 1 saturated heterocycles. The summed E-state index contributed by atoms with van der Waals surface area (Å²) < 4.78 is 13.6. The summed E-state index contributed by atoms with van der Waals surface area (Å²) >= 11 is 0. The Labute approximate surface area is 169 Å². The van der Waals surface area contributed by atoms with Gasteiger partial charge in [-0.25, -0.2) is 14.4 Å². The van der Waals surface area contributed by atoms with Gasteiger partial charge in [-0.1, -0.05) is 30.3 Å². The number of halogens is 1. The molecule has 2 heterocycles. The van der Waals surface area contributed by atoms with Crippen molar-refractivity contribution >= 4 is 11.7 Å². The average Bonchev–Trinajstić information content (AvgIpc) is 2.76. The average molecular weight is 390 g/mol. The summed E-state index contributed by atoms with van der Waals surface area (Å²) in [6.07, 6.45) is 0. The Balaban J connectivity index is 1.54. The number of benzene rings is 2. The van der Waals surface area contributed by atoms with Gasteiger partial charge in [0.1, 0.15) is 11.6 Å². The van der Waals surface area contributed by atoms with Gasteiger partial charge in [-0.15, -0.1) is 0 Å². The molecular formula is C23H23FN4O. The Morgan fingerprint density at radius 1 is 0.931 bits per heavy atom. The summed E-state index contributed by atoms with van der Waals surface area (Å²) in [7, 11) is 0. The van der Waals surface area contributed by atoms with Crippen LogP contribution in [-0.4, -0.2) is 47.0 Å². The highest BCUT2D eigenvalue weighted by Crippen LogP contribution is 2.26. The number of aromatic nitrogens is 2. The number of carbonyl (C=O) groups excluding carboxylic acids is 1. The van der Waals surface area contributed by atoms with Gasteiger partial charge in [-0.05, 0) is 38.1 Å². The number of hydrogen-bond donors (Lipinski definition) is 0. The van der Waals surface area contributed by atoms with E-state index >= 15 is 0 Å². The van der Waals surface area contributed by atoms with Gasteiger partial charge < -0.3 is 9.80 Å². The van der Waals surface area contributed by atoms with Gasteiger partial charge in [0.15, 0.2) is 5.82 Å². The van der Waals surface area contributed by atoms with E-state index in [-0.39, 0.29) is 11.7 Å². The van der Waals surface area contributed by atoms with E-state index in [0.717, 1.165) is 17.1 Å². The van der Waals surface area contributed by atoms with Crippen molar-refractivity contribution < 1.29 is 9.18 Å². The SMILES string of the molecule is Cc1nc(-c2cccc(F)c2)nc(N2CCN(C(=O)c3ccccc3)CC2)c1C. The third-order valence-electron chi connectivity index (χ3n) is 5.33. The zero-order valence-corrected chi connectivity index (χ0v) is 16.6. The molecule has 1 fully saturated rings. The first kappa shape index (κ1) is 19.1. The molecule has 4 rings (SSSR count). The molecule has 1 aliphatic heterocycles. The Kier molecular flexibility index (Phi) is 5.25. The van der Waals surface area contributed by atoms with E-state index in [4.69, 9.17) is 4.98 Å². The summed E-state index contributed by atoms with van der Waals surface area (Å²) in [5, 5.41) is 0. The summed E-state index contributed by atoms with van der Waals surface area (Å²) in [6, 6.07) is 15.7. The summed E-state index contributed by atoms with van der Waals surface area (Å²) in [5.41, 5.74) is 3.25. The van der Waals surface area contributed by atoms with Gasteiger partial charge in [0, 0.05) is 48.6 Å². The van der Waals surface area contributed by atoms with E-state index in [2.05, 4.69) is 9.88 Å². The van der Waals surface area contributed by atoms with Crippen LogP contribution in [0.3, 0.4) is 0 Å². The molecule has 6 heteroatoms. The van der Waals surface area contributed by atoms with Gasteiger partial charge in [0.25, 0.3) is 5.91 Å². The van der Waals surface area contributed by atoms with Gasteiger partial charge in [-0.3, -0.25) is 4.79 Å². The van der Waals surface area contributed by atoms with Crippen molar-refractivity contribution in [3.8, 4) is 11.4 Å². The van der Waals surface area contributed by atoms with Crippen molar-refractivity contribution in [3.63, 3.8) is 0 Å². The monoisotopic (exact) mass is 390 g/mol. The fourth-order valence-electron chi connectivity index (χ4n) is 3.56. The summed E-state index contributed by atoms with van der Waals surface area (Å²) in [6.45, 7) is 6.59. The third-order valence-corrected chi connectivity index (χ3v) is 5.33. The Morgan fingerprint density at radius 2 is 1.66 bits per heavy atom. The second kappa shape index (κ2) is 7.99. The summed E-state index contributed by atoms with van der Waals surface area (Å²) in [5.74, 6) is 1.12.